The van der Waals surface area contributed by atoms with Gasteiger partial charge in [0.05, 0.1) is 17.6 Å². The van der Waals surface area contributed by atoms with Gasteiger partial charge in [-0.2, -0.15) is 0 Å². The van der Waals surface area contributed by atoms with Crippen molar-refractivity contribution in [2.75, 3.05) is 5.32 Å². The van der Waals surface area contributed by atoms with Crippen LogP contribution in [0.3, 0.4) is 0 Å². The van der Waals surface area contributed by atoms with Crippen LogP contribution >= 0.6 is 0 Å². The fraction of sp³-hybridized carbons (Fsp3) is 0.640. The van der Waals surface area contributed by atoms with Gasteiger partial charge < -0.3 is 5.32 Å². The smallest absolute Gasteiger partial charge is 0.225 e. The van der Waals surface area contributed by atoms with Gasteiger partial charge in [0.15, 0.2) is 5.82 Å². The molecule has 1 aliphatic rings. The van der Waals surface area contributed by atoms with E-state index >= 15 is 0 Å². The van der Waals surface area contributed by atoms with Crippen molar-refractivity contribution in [3.8, 4) is 0 Å². The maximum absolute atomic E-state index is 12.3. The molecule has 1 amide bonds. The Kier molecular flexibility index (Phi) is 14.8. The summed E-state index contributed by atoms with van der Waals surface area (Å²) in [6.45, 7) is 16.2. The molecule has 1 fully saturated rings. The number of amides is 1. The standard InChI is InChI=1S/C21H31N3O.2C2H6/c1-5-18-21(24-20(25)13-17-9-7-6-8-10-17)22-14-19(23-18)16(4)12-11-15(2)3;2*1-2/h11-12,14,17H,5-10,13H2,1-4H3,(H,22,24,25);2*1-2H3/b16-12+;;. The van der Waals surface area contributed by atoms with Gasteiger partial charge in [-0.3, -0.25) is 4.79 Å². The Morgan fingerprint density at radius 2 is 1.69 bits per heavy atom. The zero-order valence-electron chi connectivity index (χ0n) is 20.1. The molecule has 0 unspecified atom stereocenters. The third-order valence-corrected chi connectivity index (χ3v) is 4.71. The molecule has 1 aromatic heterocycles. The summed E-state index contributed by atoms with van der Waals surface area (Å²) in [5.41, 5.74) is 4.03. The summed E-state index contributed by atoms with van der Waals surface area (Å²) in [5.74, 6) is 1.21. The first-order valence-electron chi connectivity index (χ1n) is 11.5. The summed E-state index contributed by atoms with van der Waals surface area (Å²) in [6, 6.07) is 0. The van der Waals surface area contributed by atoms with Crippen LogP contribution in [-0.2, 0) is 11.2 Å². The molecule has 1 heterocycles. The summed E-state index contributed by atoms with van der Waals surface area (Å²) in [6.07, 6.45) is 13.4. The lowest BCUT2D eigenvalue weighted by atomic mass is 9.87. The Morgan fingerprint density at radius 1 is 1.07 bits per heavy atom. The minimum atomic E-state index is 0.0699. The topological polar surface area (TPSA) is 54.9 Å². The van der Waals surface area contributed by atoms with Crippen molar-refractivity contribution in [3.05, 3.63) is 35.3 Å². The van der Waals surface area contributed by atoms with Crippen LogP contribution in [0, 0.1) is 5.92 Å². The largest absolute Gasteiger partial charge is 0.309 e. The number of aromatic nitrogens is 2. The Balaban J connectivity index is 0.00000184. The number of aryl methyl sites for hydroxylation is 1. The Labute approximate surface area is 179 Å². The number of carbonyl (C=O) groups excluding carboxylic acids is 1. The van der Waals surface area contributed by atoms with Crippen molar-refractivity contribution in [2.24, 2.45) is 5.92 Å². The Bertz CT molecular complexity index is 652. The van der Waals surface area contributed by atoms with Crippen LogP contribution in [0.2, 0.25) is 0 Å². The number of anilines is 1. The monoisotopic (exact) mass is 401 g/mol. The first-order valence-corrected chi connectivity index (χ1v) is 11.5. The van der Waals surface area contributed by atoms with E-state index < -0.39 is 0 Å². The predicted molar refractivity (Wildman–Crippen MR) is 127 cm³/mol. The van der Waals surface area contributed by atoms with Crippen molar-refractivity contribution < 1.29 is 4.79 Å². The summed E-state index contributed by atoms with van der Waals surface area (Å²) in [7, 11) is 0. The van der Waals surface area contributed by atoms with Crippen LogP contribution in [0.5, 0.6) is 0 Å². The number of hydrogen-bond acceptors (Lipinski definition) is 3. The van der Waals surface area contributed by atoms with Crippen molar-refractivity contribution in [3.63, 3.8) is 0 Å². The van der Waals surface area contributed by atoms with E-state index in [1.165, 1.54) is 37.7 Å². The van der Waals surface area contributed by atoms with E-state index in [0.29, 0.717) is 18.2 Å². The number of nitrogens with zero attached hydrogens (tertiary/aromatic N) is 2. The molecule has 0 radical (unpaired) electrons. The van der Waals surface area contributed by atoms with Crippen molar-refractivity contribution >= 4 is 17.3 Å². The summed E-state index contributed by atoms with van der Waals surface area (Å²) in [5, 5.41) is 2.98. The molecule has 29 heavy (non-hydrogen) atoms. The number of carbonyl (C=O) groups is 1. The first-order chi connectivity index (χ1) is 14.0. The number of hydrogen-bond donors (Lipinski definition) is 1. The molecular formula is C25H43N3O. The Morgan fingerprint density at radius 3 is 2.24 bits per heavy atom. The number of allylic oxidation sites excluding steroid dienone is 4. The van der Waals surface area contributed by atoms with E-state index in [0.717, 1.165) is 23.4 Å². The molecule has 1 aromatic rings. The summed E-state index contributed by atoms with van der Waals surface area (Å²) >= 11 is 0. The minimum Gasteiger partial charge on any atom is -0.309 e. The van der Waals surface area contributed by atoms with Crippen molar-refractivity contribution in [1.29, 1.82) is 0 Å². The lowest BCUT2D eigenvalue weighted by molar-refractivity contribution is -0.117. The molecule has 4 heteroatoms. The van der Waals surface area contributed by atoms with Gasteiger partial charge in [-0.15, -0.1) is 0 Å². The zero-order valence-corrected chi connectivity index (χ0v) is 20.1. The minimum absolute atomic E-state index is 0.0699. The average molecular weight is 402 g/mol. The van der Waals surface area contributed by atoms with E-state index in [1.807, 2.05) is 41.5 Å². The van der Waals surface area contributed by atoms with Crippen LogP contribution in [0.15, 0.2) is 23.9 Å². The molecular weight excluding hydrogens is 358 g/mol. The first kappa shape index (κ1) is 27.0. The third kappa shape index (κ3) is 10.4. The van der Waals surface area contributed by atoms with Crippen LogP contribution in [0.25, 0.3) is 5.57 Å². The molecule has 0 aliphatic heterocycles. The van der Waals surface area contributed by atoms with Gasteiger partial charge in [-0.05, 0) is 51.5 Å². The SMILES string of the molecule is CC.CC.CCc1nc(/C(C)=C/C=C(C)C)cnc1NC(=O)CC1CCCCC1. The van der Waals surface area contributed by atoms with Gasteiger partial charge in [0.1, 0.15) is 0 Å². The normalized spacial score (nSPS) is 14.0. The van der Waals surface area contributed by atoms with Crippen LogP contribution < -0.4 is 5.32 Å². The van der Waals surface area contributed by atoms with Gasteiger partial charge in [0.2, 0.25) is 5.91 Å². The highest BCUT2D eigenvalue weighted by Gasteiger charge is 2.18. The third-order valence-electron chi connectivity index (χ3n) is 4.71. The van der Waals surface area contributed by atoms with Gasteiger partial charge in [-0.1, -0.05) is 71.6 Å². The van der Waals surface area contributed by atoms with E-state index in [2.05, 4.69) is 36.3 Å². The number of nitrogens with one attached hydrogen (secondary N) is 1. The zero-order chi connectivity index (χ0) is 22.2. The second-order valence-electron chi connectivity index (χ2n) is 7.25. The second-order valence-corrected chi connectivity index (χ2v) is 7.25. The predicted octanol–water partition coefficient (Wildman–Crippen LogP) is 7.37. The van der Waals surface area contributed by atoms with Crippen LogP contribution in [-0.4, -0.2) is 15.9 Å². The molecule has 0 bridgehead atoms. The van der Waals surface area contributed by atoms with E-state index in [-0.39, 0.29) is 5.91 Å². The molecule has 1 saturated carbocycles. The highest BCUT2D eigenvalue weighted by Crippen LogP contribution is 2.26. The maximum atomic E-state index is 12.3. The van der Waals surface area contributed by atoms with Gasteiger partial charge in [0.25, 0.3) is 0 Å². The Hall–Kier alpha value is -1.97. The molecule has 164 valence electrons. The van der Waals surface area contributed by atoms with Crippen molar-refractivity contribution in [1.82, 2.24) is 9.97 Å². The molecule has 0 aromatic carbocycles. The van der Waals surface area contributed by atoms with Gasteiger partial charge in [0, 0.05) is 6.42 Å². The molecule has 0 spiro atoms. The quantitative estimate of drug-likeness (QED) is 0.506. The molecule has 1 N–H and O–H groups in total. The number of rotatable bonds is 6. The van der Waals surface area contributed by atoms with Gasteiger partial charge in [-0.25, -0.2) is 9.97 Å². The highest BCUT2D eigenvalue weighted by atomic mass is 16.1. The van der Waals surface area contributed by atoms with Crippen molar-refractivity contribution in [2.45, 2.75) is 100 Å². The molecule has 0 saturated heterocycles. The van der Waals surface area contributed by atoms with E-state index in [9.17, 15) is 4.79 Å². The summed E-state index contributed by atoms with van der Waals surface area (Å²) in [4.78, 5) is 21.5. The maximum Gasteiger partial charge on any atom is 0.225 e. The fourth-order valence-corrected chi connectivity index (χ4v) is 3.18. The summed E-state index contributed by atoms with van der Waals surface area (Å²) < 4.78 is 0. The second kappa shape index (κ2) is 15.9. The van der Waals surface area contributed by atoms with Gasteiger partial charge >= 0.3 is 0 Å². The molecule has 4 nitrogen and oxygen atoms in total. The van der Waals surface area contributed by atoms with E-state index in [4.69, 9.17) is 4.98 Å². The van der Waals surface area contributed by atoms with Crippen LogP contribution in [0.1, 0.15) is 105 Å². The van der Waals surface area contributed by atoms with Crippen LogP contribution in [0.4, 0.5) is 5.82 Å². The molecule has 2 rings (SSSR count). The fourth-order valence-electron chi connectivity index (χ4n) is 3.18. The molecule has 0 atom stereocenters. The lowest BCUT2D eigenvalue weighted by Crippen LogP contribution is -2.20. The average Bonchev–Trinajstić information content (AvgIpc) is 2.75. The molecule has 1 aliphatic carbocycles. The van der Waals surface area contributed by atoms with E-state index in [1.54, 1.807) is 6.20 Å². The lowest BCUT2D eigenvalue weighted by Gasteiger charge is -2.21. The highest BCUT2D eigenvalue weighted by molar-refractivity contribution is 5.90.